The van der Waals surface area contributed by atoms with Gasteiger partial charge in [-0.05, 0) is 55.3 Å². The molecule has 1 amide bonds. The minimum absolute atomic E-state index is 0.0378. The van der Waals surface area contributed by atoms with Crippen molar-refractivity contribution in [2.75, 3.05) is 13.1 Å². The van der Waals surface area contributed by atoms with Crippen molar-refractivity contribution in [3.05, 3.63) is 83.8 Å². The monoisotopic (exact) mass is 418 g/mol. The molecule has 2 aromatic carbocycles. The summed E-state index contributed by atoms with van der Waals surface area (Å²) in [6, 6.07) is 16.7. The first kappa shape index (κ1) is 20.9. The average molecular weight is 418 g/mol. The van der Waals surface area contributed by atoms with Gasteiger partial charge < -0.3 is 14.4 Å². The Balaban J connectivity index is 1.45. The number of benzene rings is 2. The Labute approximate surface area is 181 Å². The van der Waals surface area contributed by atoms with Crippen molar-refractivity contribution in [2.45, 2.75) is 32.5 Å². The molecule has 6 nitrogen and oxygen atoms in total. The second kappa shape index (κ2) is 8.78. The van der Waals surface area contributed by atoms with E-state index in [-0.39, 0.29) is 18.0 Å². The molecular formula is C25H26N2O4. The predicted molar refractivity (Wildman–Crippen MR) is 118 cm³/mol. The lowest BCUT2D eigenvalue weighted by molar-refractivity contribution is 0.0268. The molecule has 4 rings (SSSR count). The van der Waals surface area contributed by atoms with Crippen LogP contribution in [0.4, 0.5) is 0 Å². The molecule has 1 N–H and O–H groups in total. The molecule has 6 heteroatoms. The lowest BCUT2D eigenvalue weighted by Gasteiger charge is -2.44. The van der Waals surface area contributed by atoms with Gasteiger partial charge in [-0.1, -0.05) is 24.3 Å². The Bertz CT molecular complexity index is 1050. The van der Waals surface area contributed by atoms with Crippen LogP contribution in [0.15, 0.2) is 71.5 Å². The molecule has 1 fully saturated rings. The van der Waals surface area contributed by atoms with Gasteiger partial charge >= 0.3 is 5.97 Å². The van der Waals surface area contributed by atoms with Gasteiger partial charge in [-0.15, -0.1) is 0 Å². The van der Waals surface area contributed by atoms with Gasteiger partial charge in [-0.25, -0.2) is 4.79 Å². The minimum atomic E-state index is -0.919. The number of nitrogens with zero attached hydrogens (tertiary/aromatic N) is 2. The van der Waals surface area contributed by atoms with E-state index in [1.54, 1.807) is 24.7 Å². The zero-order valence-electron chi connectivity index (χ0n) is 17.7. The van der Waals surface area contributed by atoms with E-state index in [1.807, 2.05) is 47.4 Å². The molecule has 1 aliphatic rings. The van der Waals surface area contributed by atoms with Crippen molar-refractivity contribution >= 4 is 11.9 Å². The highest BCUT2D eigenvalue weighted by atomic mass is 16.4. The van der Waals surface area contributed by atoms with Gasteiger partial charge in [-0.3, -0.25) is 9.69 Å². The SMILES string of the molecule is C[C@@H]1CN(Cc2ccc(C(=O)O)cc2)C[C@H](C)N1C(=O)c1cccc(-c2ccoc2)c1. The third-order valence-electron chi connectivity index (χ3n) is 5.80. The number of hydrogen-bond donors (Lipinski definition) is 1. The number of rotatable bonds is 5. The Morgan fingerprint density at radius 2 is 1.68 bits per heavy atom. The Morgan fingerprint density at radius 1 is 0.968 bits per heavy atom. The van der Waals surface area contributed by atoms with Crippen molar-refractivity contribution in [3.8, 4) is 11.1 Å². The smallest absolute Gasteiger partial charge is 0.335 e. The first-order valence-electron chi connectivity index (χ1n) is 10.4. The molecule has 0 aliphatic carbocycles. The van der Waals surface area contributed by atoms with Crippen LogP contribution in [0, 0.1) is 0 Å². The maximum Gasteiger partial charge on any atom is 0.335 e. The number of piperazine rings is 1. The fourth-order valence-electron chi connectivity index (χ4n) is 4.38. The number of carbonyl (C=O) groups excluding carboxylic acids is 1. The number of carbonyl (C=O) groups is 2. The Morgan fingerprint density at radius 3 is 2.29 bits per heavy atom. The van der Waals surface area contributed by atoms with Crippen LogP contribution in [-0.4, -0.2) is 52.0 Å². The van der Waals surface area contributed by atoms with Crippen LogP contribution in [0.25, 0.3) is 11.1 Å². The molecule has 3 aromatic rings. The van der Waals surface area contributed by atoms with Crippen LogP contribution in [0.1, 0.15) is 40.1 Å². The topological polar surface area (TPSA) is 74.0 Å². The maximum atomic E-state index is 13.3. The number of carboxylic acid groups (broad SMARTS) is 1. The Hall–Kier alpha value is -3.38. The molecule has 0 unspecified atom stereocenters. The molecule has 160 valence electrons. The molecule has 2 atom stereocenters. The highest BCUT2D eigenvalue weighted by molar-refractivity contribution is 5.96. The van der Waals surface area contributed by atoms with Crippen LogP contribution in [0.5, 0.6) is 0 Å². The second-order valence-electron chi connectivity index (χ2n) is 8.20. The van der Waals surface area contributed by atoms with Gasteiger partial charge in [0.25, 0.3) is 5.91 Å². The summed E-state index contributed by atoms with van der Waals surface area (Å²) in [7, 11) is 0. The molecule has 31 heavy (non-hydrogen) atoms. The van der Waals surface area contributed by atoms with Crippen LogP contribution >= 0.6 is 0 Å². The largest absolute Gasteiger partial charge is 0.478 e. The van der Waals surface area contributed by atoms with E-state index in [4.69, 9.17) is 9.52 Å². The number of hydrogen-bond acceptors (Lipinski definition) is 4. The van der Waals surface area contributed by atoms with E-state index >= 15 is 0 Å². The van der Waals surface area contributed by atoms with Crippen molar-refractivity contribution in [2.24, 2.45) is 0 Å². The van der Waals surface area contributed by atoms with Crippen LogP contribution < -0.4 is 0 Å². The highest BCUT2D eigenvalue weighted by Crippen LogP contribution is 2.24. The summed E-state index contributed by atoms with van der Waals surface area (Å²) >= 11 is 0. The van der Waals surface area contributed by atoms with E-state index in [2.05, 4.69) is 18.7 Å². The zero-order valence-corrected chi connectivity index (χ0v) is 17.7. The van der Waals surface area contributed by atoms with E-state index in [1.165, 1.54) is 0 Å². The fraction of sp³-hybridized carbons (Fsp3) is 0.280. The summed E-state index contributed by atoms with van der Waals surface area (Å²) in [5, 5.41) is 9.06. The molecule has 2 heterocycles. The lowest BCUT2D eigenvalue weighted by Crippen LogP contribution is -2.58. The molecule has 1 aromatic heterocycles. The fourth-order valence-corrected chi connectivity index (χ4v) is 4.38. The number of carboxylic acids is 1. The predicted octanol–water partition coefficient (Wildman–Crippen LogP) is 4.38. The standard InChI is InChI=1S/C25H26N2O4/c1-17-13-26(15-19-6-8-20(9-7-19)25(29)30)14-18(2)27(17)24(28)22-5-3-4-21(12-22)23-10-11-31-16-23/h3-12,16-18H,13-15H2,1-2H3,(H,29,30)/t17-,18+. The van der Waals surface area contributed by atoms with Crippen LogP contribution in [-0.2, 0) is 6.54 Å². The molecular weight excluding hydrogens is 392 g/mol. The molecule has 1 saturated heterocycles. The summed E-state index contributed by atoms with van der Waals surface area (Å²) in [4.78, 5) is 28.7. The van der Waals surface area contributed by atoms with E-state index in [9.17, 15) is 9.59 Å². The third kappa shape index (κ3) is 4.54. The highest BCUT2D eigenvalue weighted by Gasteiger charge is 2.33. The normalized spacial score (nSPS) is 19.4. The van der Waals surface area contributed by atoms with E-state index in [0.29, 0.717) is 11.1 Å². The molecule has 0 radical (unpaired) electrons. The number of amides is 1. The number of aromatic carboxylic acids is 1. The van der Waals surface area contributed by atoms with Gasteiger partial charge in [0.15, 0.2) is 0 Å². The van der Waals surface area contributed by atoms with E-state index in [0.717, 1.165) is 36.3 Å². The second-order valence-corrected chi connectivity index (χ2v) is 8.20. The van der Waals surface area contributed by atoms with Crippen molar-refractivity contribution < 1.29 is 19.1 Å². The van der Waals surface area contributed by atoms with Gasteiger partial charge in [0.1, 0.15) is 0 Å². The molecule has 0 spiro atoms. The molecule has 1 aliphatic heterocycles. The summed E-state index contributed by atoms with van der Waals surface area (Å²) in [6.07, 6.45) is 3.30. The van der Waals surface area contributed by atoms with Crippen molar-refractivity contribution in [1.29, 1.82) is 0 Å². The summed E-state index contributed by atoms with van der Waals surface area (Å²) in [6.45, 7) is 6.41. The van der Waals surface area contributed by atoms with Gasteiger partial charge in [0, 0.05) is 42.8 Å². The average Bonchev–Trinajstić information content (AvgIpc) is 3.29. The zero-order chi connectivity index (χ0) is 22.0. The van der Waals surface area contributed by atoms with Gasteiger partial charge in [0.2, 0.25) is 0 Å². The van der Waals surface area contributed by atoms with Gasteiger partial charge in [0.05, 0.1) is 18.1 Å². The van der Waals surface area contributed by atoms with Crippen LogP contribution in [0.3, 0.4) is 0 Å². The summed E-state index contributed by atoms with van der Waals surface area (Å²) in [5.74, 6) is -0.881. The lowest BCUT2D eigenvalue weighted by atomic mass is 10.0. The van der Waals surface area contributed by atoms with Crippen molar-refractivity contribution in [1.82, 2.24) is 9.80 Å². The number of furan rings is 1. The summed E-state index contributed by atoms with van der Waals surface area (Å²) < 4.78 is 5.17. The third-order valence-corrected chi connectivity index (χ3v) is 5.80. The quantitative estimate of drug-likeness (QED) is 0.666. The van der Waals surface area contributed by atoms with Crippen LogP contribution in [0.2, 0.25) is 0 Å². The first-order chi connectivity index (χ1) is 14.9. The van der Waals surface area contributed by atoms with Crippen molar-refractivity contribution in [3.63, 3.8) is 0 Å². The molecule has 0 saturated carbocycles. The molecule has 0 bridgehead atoms. The van der Waals surface area contributed by atoms with Gasteiger partial charge in [-0.2, -0.15) is 0 Å². The maximum absolute atomic E-state index is 13.3. The summed E-state index contributed by atoms with van der Waals surface area (Å²) in [5.41, 5.74) is 3.95. The van der Waals surface area contributed by atoms with E-state index < -0.39 is 5.97 Å². The minimum Gasteiger partial charge on any atom is -0.478 e. The first-order valence-corrected chi connectivity index (χ1v) is 10.4. The Kier molecular flexibility index (Phi) is 5.91.